The molecule has 172 valence electrons. The number of carbonyl (C=O) groups is 3. The van der Waals surface area contributed by atoms with Crippen LogP contribution < -0.4 is 9.47 Å². The summed E-state index contributed by atoms with van der Waals surface area (Å²) < 4.78 is 11.1. The maximum atomic E-state index is 12.1. The molecule has 32 heavy (non-hydrogen) atoms. The summed E-state index contributed by atoms with van der Waals surface area (Å²) in [7, 11) is 0. The lowest BCUT2D eigenvalue weighted by Crippen LogP contribution is -2.22. The molecule has 0 amide bonds. The number of rotatable bonds is 14. The zero-order valence-corrected chi connectivity index (χ0v) is 19.5. The number of carbonyl (C=O) groups excluding carboxylic acids is 3. The Kier molecular flexibility index (Phi) is 10.9. The van der Waals surface area contributed by atoms with E-state index >= 15 is 0 Å². The van der Waals surface area contributed by atoms with Gasteiger partial charge in [-0.25, -0.2) is 4.79 Å². The van der Waals surface area contributed by atoms with Crippen LogP contribution in [0.15, 0.2) is 48.5 Å². The first-order valence-corrected chi connectivity index (χ1v) is 11.6. The van der Waals surface area contributed by atoms with Gasteiger partial charge < -0.3 is 9.47 Å². The molecule has 2 rings (SSSR count). The van der Waals surface area contributed by atoms with Gasteiger partial charge in [-0.2, -0.15) is 0 Å². The Labute approximate surface area is 195 Å². The number of benzene rings is 2. The van der Waals surface area contributed by atoms with Gasteiger partial charge in [0.25, 0.3) is 0 Å². The Hall–Kier alpha value is -2.66. The molecule has 0 aromatic heterocycles. The van der Waals surface area contributed by atoms with E-state index in [-0.39, 0.29) is 11.6 Å². The van der Waals surface area contributed by atoms with Crippen LogP contribution in [0.4, 0.5) is 0 Å². The van der Waals surface area contributed by atoms with Crippen LogP contribution in [0.3, 0.4) is 0 Å². The summed E-state index contributed by atoms with van der Waals surface area (Å²) in [6, 6.07) is 13.6. The van der Waals surface area contributed by atoms with E-state index < -0.39 is 11.9 Å². The summed E-state index contributed by atoms with van der Waals surface area (Å²) in [5, 5.41) is 0.377. The molecular formula is C26H31ClO5. The molecular weight excluding hydrogens is 428 g/mol. The van der Waals surface area contributed by atoms with Gasteiger partial charge in [0.1, 0.15) is 23.1 Å². The third kappa shape index (κ3) is 8.12. The zero-order valence-electron chi connectivity index (χ0n) is 18.8. The molecule has 0 aliphatic carbocycles. The second-order valence-corrected chi connectivity index (χ2v) is 8.00. The number of ether oxygens (including phenoxy) is 2. The Balaban J connectivity index is 1.70. The molecule has 0 saturated carbocycles. The summed E-state index contributed by atoms with van der Waals surface area (Å²) in [5.74, 6) is 0.108. The van der Waals surface area contributed by atoms with E-state index in [4.69, 9.17) is 21.1 Å². The first kappa shape index (κ1) is 25.6. The van der Waals surface area contributed by atoms with Crippen LogP contribution in [0, 0.1) is 5.92 Å². The second kappa shape index (κ2) is 13.7. The predicted octanol–water partition coefficient (Wildman–Crippen LogP) is 6.46. The highest BCUT2D eigenvalue weighted by Crippen LogP contribution is 2.29. The molecule has 0 aliphatic heterocycles. The molecule has 0 saturated heterocycles. The van der Waals surface area contributed by atoms with Gasteiger partial charge in [0.05, 0.1) is 23.1 Å². The van der Waals surface area contributed by atoms with E-state index in [1.165, 1.54) is 0 Å². The lowest BCUT2D eigenvalue weighted by atomic mass is 9.90. The molecule has 0 N–H and O–H groups in total. The van der Waals surface area contributed by atoms with Crippen molar-refractivity contribution in [3.8, 4) is 11.5 Å². The van der Waals surface area contributed by atoms with E-state index in [1.54, 1.807) is 56.3 Å². The van der Waals surface area contributed by atoms with Crippen molar-refractivity contribution in [3.63, 3.8) is 0 Å². The maximum absolute atomic E-state index is 12.1. The summed E-state index contributed by atoms with van der Waals surface area (Å²) in [4.78, 5) is 36.0. The van der Waals surface area contributed by atoms with Crippen LogP contribution in [0.2, 0.25) is 5.02 Å². The fraction of sp³-hybridized carbons (Fsp3) is 0.423. The van der Waals surface area contributed by atoms with Gasteiger partial charge in [0.15, 0.2) is 0 Å². The molecule has 2 aromatic rings. The Morgan fingerprint density at radius 1 is 0.875 bits per heavy atom. The molecule has 6 heteroatoms. The molecule has 0 aliphatic rings. The van der Waals surface area contributed by atoms with Gasteiger partial charge in [-0.3, -0.25) is 9.59 Å². The zero-order chi connectivity index (χ0) is 23.3. The first-order valence-electron chi connectivity index (χ1n) is 11.2. The Morgan fingerprint density at radius 2 is 1.53 bits per heavy atom. The molecule has 0 spiro atoms. The predicted molar refractivity (Wildman–Crippen MR) is 126 cm³/mol. The summed E-state index contributed by atoms with van der Waals surface area (Å²) in [6.07, 6.45) is 5.03. The van der Waals surface area contributed by atoms with Crippen molar-refractivity contribution in [2.24, 2.45) is 5.92 Å². The van der Waals surface area contributed by atoms with E-state index in [1.807, 2.05) is 6.07 Å². The van der Waals surface area contributed by atoms with Crippen molar-refractivity contribution >= 4 is 29.1 Å². The van der Waals surface area contributed by atoms with Gasteiger partial charge in [-0.1, -0.05) is 62.9 Å². The molecule has 0 radical (unpaired) electrons. The quantitative estimate of drug-likeness (QED) is 0.140. The topological polar surface area (TPSA) is 69.7 Å². The van der Waals surface area contributed by atoms with Crippen molar-refractivity contribution < 1.29 is 23.9 Å². The van der Waals surface area contributed by atoms with Crippen molar-refractivity contribution in [3.05, 3.63) is 59.1 Å². The van der Waals surface area contributed by atoms with E-state index in [9.17, 15) is 14.4 Å². The van der Waals surface area contributed by atoms with Crippen LogP contribution in [0.1, 0.15) is 69.2 Å². The lowest BCUT2D eigenvalue weighted by Gasteiger charge is -2.13. The third-order valence-electron chi connectivity index (χ3n) is 5.24. The molecule has 0 fully saturated rings. The highest BCUT2D eigenvalue weighted by atomic mass is 35.5. The smallest absolute Gasteiger partial charge is 0.343 e. The SMILES string of the molecule is CCC(=O)C(CCCCCCOc1ccc(OC(=O)c2ccccc2)cc1Cl)C(=O)CC. The first-order chi connectivity index (χ1) is 15.5. The third-order valence-corrected chi connectivity index (χ3v) is 5.54. The van der Waals surface area contributed by atoms with Gasteiger partial charge in [0, 0.05) is 18.9 Å². The molecule has 0 unspecified atom stereocenters. The number of hydrogen-bond acceptors (Lipinski definition) is 5. The minimum absolute atomic E-state index is 0.0488. The standard InChI is InChI=1S/C26H31ClO5/c1-3-23(28)21(24(29)4-2)14-10-5-6-11-17-31-25-16-15-20(18-22(25)27)32-26(30)19-12-8-7-9-13-19/h7-9,12-13,15-16,18,21H,3-6,10-11,14,17H2,1-2H3. The van der Waals surface area contributed by atoms with Gasteiger partial charge in [0.2, 0.25) is 0 Å². The van der Waals surface area contributed by atoms with Gasteiger partial charge in [-0.05, 0) is 37.1 Å². The fourth-order valence-electron chi connectivity index (χ4n) is 3.38. The fourth-order valence-corrected chi connectivity index (χ4v) is 3.61. The van der Waals surface area contributed by atoms with E-state index in [0.717, 1.165) is 25.7 Å². The summed E-state index contributed by atoms with van der Waals surface area (Å²) in [5.41, 5.74) is 0.466. The normalized spacial score (nSPS) is 10.8. The van der Waals surface area contributed by atoms with Crippen LogP contribution in [-0.4, -0.2) is 24.1 Å². The maximum Gasteiger partial charge on any atom is 0.343 e. The van der Waals surface area contributed by atoms with Gasteiger partial charge >= 0.3 is 5.97 Å². The van der Waals surface area contributed by atoms with Crippen molar-refractivity contribution in [2.45, 2.75) is 58.8 Å². The van der Waals surface area contributed by atoms with Crippen LogP contribution >= 0.6 is 11.6 Å². The monoisotopic (exact) mass is 458 g/mol. The van der Waals surface area contributed by atoms with Crippen LogP contribution in [0.25, 0.3) is 0 Å². The number of ketones is 2. The van der Waals surface area contributed by atoms with E-state index in [2.05, 4.69) is 0 Å². The highest BCUT2D eigenvalue weighted by molar-refractivity contribution is 6.32. The lowest BCUT2D eigenvalue weighted by molar-refractivity contribution is -0.132. The number of Topliss-reactive ketones (excluding diaryl/α,β-unsaturated/α-hetero) is 2. The molecule has 0 bridgehead atoms. The largest absolute Gasteiger partial charge is 0.492 e. The van der Waals surface area contributed by atoms with Crippen LogP contribution in [-0.2, 0) is 9.59 Å². The average molecular weight is 459 g/mol. The average Bonchev–Trinajstić information content (AvgIpc) is 2.81. The molecule has 5 nitrogen and oxygen atoms in total. The number of hydrogen-bond donors (Lipinski definition) is 0. The summed E-state index contributed by atoms with van der Waals surface area (Å²) >= 11 is 6.26. The molecule has 2 aromatic carbocycles. The Morgan fingerprint density at radius 3 is 2.16 bits per heavy atom. The van der Waals surface area contributed by atoms with Gasteiger partial charge in [-0.15, -0.1) is 0 Å². The van der Waals surface area contributed by atoms with E-state index in [0.29, 0.717) is 48.0 Å². The number of unbranched alkanes of at least 4 members (excludes halogenated alkanes) is 3. The van der Waals surface area contributed by atoms with Crippen LogP contribution in [0.5, 0.6) is 11.5 Å². The van der Waals surface area contributed by atoms with Crippen molar-refractivity contribution in [1.82, 2.24) is 0 Å². The number of halogens is 1. The number of esters is 1. The second-order valence-electron chi connectivity index (χ2n) is 7.59. The molecule has 0 heterocycles. The highest BCUT2D eigenvalue weighted by Gasteiger charge is 2.22. The Bertz CT molecular complexity index is 878. The summed E-state index contributed by atoms with van der Waals surface area (Å²) in [6.45, 7) is 4.12. The minimum Gasteiger partial charge on any atom is -0.492 e. The molecule has 0 atom stereocenters. The minimum atomic E-state index is -0.446. The van der Waals surface area contributed by atoms with Crippen molar-refractivity contribution in [2.75, 3.05) is 6.61 Å². The van der Waals surface area contributed by atoms with Crippen molar-refractivity contribution in [1.29, 1.82) is 0 Å².